The molecule has 0 aliphatic carbocycles. The number of methoxy groups -OCH3 is 1. The fraction of sp³-hybridized carbons (Fsp3) is 0.0526. The van der Waals surface area contributed by atoms with Crippen LogP contribution in [0.3, 0.4) is 0 Å². The van der Waals surface area contributed by atoms with Gasteiger partial charge in [0.15, 0.2) is 0 Å². The highest BCUT2D eigenvalue weighted by Gasteiger charge is 2.20. The second kappa shape index (κ2) is 8.73. The van der Waals surface area contributed by atoms with Crippen LogP contribution >= 0.6 is 23.2 Å². The number of benzene rings is 3. The Hall–Kier alpha value is -2.46. The summed E-state index contributed by atoms with van der Waals surface area (Å²) >= 11 is 11.8. The van der Waals surface area contributed by atoms with Crippen molar-refractivity contribution in [2.45, 2.75) is 9.79 Å². The summed E-state index contributed by atoms with van der Waals surface area (Å²) in [6.45, 7) is 0. The number of anilines is 2. The van der Waals surface area contributed by atoms with Crippen molar-refractivity contribution in [3.8, 4) is 5.75 Å². The van der Waals surface area contributed by atoms with Gasteiger partial charge in [-0.15, -0.1) is 0 Å². The average molecular weight is 487 g/mol. The molecule has 0 radical (unpaired) electrons. The van der Waals surface area contributed by atoms with Crippen LogP contribution in [0.4, 0.5) is 11.4 Å². The first-order valence-electron chi connectivity index (χ1n) is 8.35. The van der Waals surface area contributed by atoms with Gasteiger partial charge < -0.3 is 4.74 Å². The summed E-state index contributed by atoms with van der Waals surface area (Å²) < 4.78 is 60.0. The molecule has 3 aromatic rings. The molecule has 0 aromatic heterocycles. The maximum absolute atomic E-state index is 12.6. The molecule has 0 bridgehead atoms. The Balaban J connectivity index is 1.79. The van der Waals surface area contributed by atoms with Gasteiger partial charge in [0, 0.05) is 16.4 Å². The average Bonchev–Trinajstić information content (AvgIpc) is 2.70. The molecule has 0 unspecified atom stereocenters. The molecular formula is C19H16Cl2N2O5S2. The first kappa shape index (κ1) is 22.2. The van der Waals surface area contributed by atoms with Crippen molar-refractivity contribution in [2.24, 2.45) is 0 Å². The number of hydrogen-bond donors (Lipinski definition) is 2. The number of ether oxygens (including phenoxy) is 1. The quantitative estimate of drug-likeness (QED) is 0.507. The lowest BCUT2D eigenvalue weighted by atomic mass is 10.3. The van der Waals surface area contributed by atoms with Gasteiger partial charge >= 0.3 is 0 Å². The van der Waals surface area contributed by atoms with E-state index in [9.17, 15) is 16.8 Å². The number of sulfonamides is 2. The predicted octanol–water partition coefficient (Wildman–Crippen LogP) is 4.60. The first-order valence-corrected chi connectivity index (χ1v) is 12.1. The molecular weight excluding hydrogens is 471 g/mol. The Morgan fingerprint density at radius 1 is 0.733 bits per heavy atom. The van der Waals surface area contributed by atoms with Gasteiger partial charge in [0.2, 0.25) is 0 Å². The monoisotopic (exact) mass is 486 g/mol. The maximum atomic E-state index is 12.6. The zero-order valence-electron chi connectivity index (χ0n) is 15.5. The number of rotatable bonds is 7. The third-order valence-corrected chi connectivity index (χ3v) is 7.44. The van der Waals surface area contributed by atoms with E-state index >= 15 is 0 Å². The zero-order chi connectivity index (χ0) is 21.9. The van der Waals surface area contributed by atoms with Gasteiger partial charge in [-0.3, -0.25) is 9.44 Å². The van der Waals surface area contributed by atoms with Gasteiger partial charge in [-0.05, 0) is 66.7 Å². The highest BCUT2D eigenvalue weighted by molar-refractivity contribution is 7.93. The van der Waals surface area contributed by atoms with E-state index in [2.05, 4.69) is 9.44 Å². The normalized spacial score (nSPS) is 11.7. The minimum atomic E-state index is -4.01. The van der Waals surface area contributed by atoms with Crippen LogP contribution in [0.15, 0.2) is 76.5 Å². The van der Waals surface area contributed by atoms with E-state index in [0.717, 1.165) is 0 Å². The third kappa shape index (κ3) is 5.17. The van der Waals surface area contributed by atoms with Crippen molar-refractivity contribution in [1.82, 2.24) is 0 Å². The second-order valence-electron chi connectivity index (χ2n) is 6.04. The molecule has 2 N–H and O–H groups in total. The van der Waals surface area contributed by atoms with Crippen molar-refractivity contribution >= 4 is 54.6 Å². The molecule has 0 aliphatic heterocycles. The summed E-state index contributed by atoms with van der Waals surface area (Å²) in [5.74, 6) is 0.592. The number of halogens is 2. The van der Waals surface area contributed by atoms with E-state index in [1.165, 1.54) is 49.6 Å². The lowest BCUT2D eigenvalue weighted by Gasteiger charge is -2.12. The van der Waals surface area contributed by atoms with Gasteiger partial charge in [-0.25, -0.2) is 16.8 Å². The van der Waals surface area contributed by atoms with E-state index in [-0.39, 0.29) is 25.5 Å². The Labute approximate surface area is 184 Å². The molecule has 0 spiro atoms. The molecule has 0 amide bonds. The lowest BCUT2D eigenvalue weighted by molar-refractivity contribution is 0.415. The topological polar surface area (TPSA) is 102 Å². The summed E-state index contributed by atoms with van der Waals surface area (Å²) in [5.41, 5.74) is 0.519. The van der Waals surface area contributed by atoms with Crippen molar-refractivity contribution in [3.05, 3.63) is 76.8 Å². The van der Waals surface area contributed by atoms with Crippen LogP contribution < -0.4 is 14.2 Å². The van der Waals surface area contributed by atoms with Gasteiger partial charge in [0.25, 0.3) is 20.0 Å². The van der Waals surface area contributed by atoms with Crippen LogP contribution in [0.25, 0.3) is 0 Å². The standard InChI is InChI=1S/C19H16Cl2N2O5S2/c1-28-16-7-3-14(4-8-16)22-29(24,25)17-9-5-15(6-10-17)23-30(26,27)19-12-13(20)2-11-18(19)21/h2-12,22-23H,1H3. The summed E-state index contributed by atoms with van der Waals surface area (Å²) in [6.07, 6.45) is 0. The largest absolute Gasteiger partial charge is 0.497 e. The van der Waals surface area contributed by atoms with Crippen molar-refractivity contribution in [1.29, 1.82) is 0 Å². The minimum Gasteiger partial charge on any atom is -0.497 e. The van der Waals surface area contributed by atoms with Crippen LogP contribution in [0, 0.1) is 0 Å². The van der Waals surface area contributed by atoms with Crippen molar-refractivity contribution in [3.63, 3.8) is 0 Å². The van der Waals surface area contributed by atoms with Crippen LogP contribution in [-0.2, 0) is 20.0 Å². The van der Waals surface area contributed by atoms with Crippen LogP contribution in [0.5, 0.6) is 5.75 Å². The van der Waals surface area contributed by atoms with E-state index in [1.807, 2.05) is 0 Å². The molecule has 30 heavy (non-hydrogen) atoms. The number of nitrogens with one attached hydrogen (secondary N) is 2. The van der Waals surface area contributed by atoms with E-state index in [0.29, 0.717) is 11.4 Å². The zero-order valence-corrected chi connectivity index (χ0v) is 18.6. The third-order valence-electron chi connectivity index (χ3n) is 3.94. The minimum absolute atomic E-state index is 0.00906. The maximum Gasteiger partial charge on any atom is 0.263 e. The highest BCUT2D eigenvalue weighted by atomic mass is 35.5. The molecule has 0 atom stereocenters. The molecule has 11 heteroatoms. The molecule has 0 saturated carbocycles. The van der Waals surface area contributed by atoms with Crippen molar-refractivity contribution in [2.75, 3.05) is 16.6 Å². The number of hydrogen-bond acceptors (Lipinski definition) is 5. The summed E-state index contributed by atoms with van der Waals surface area (Å²) in [4.78, 5) is -0.225. The van der Waals surface area contributed by atoms with Crippen LogP contribution in [0.1, 0.15) is 0 Å². The molecule has 0 fully saturated rings. The van der Waals surface area contributed by atoms with Crippen LogP contribution in [-0.4, -0.2) is 23.9 Å². The Morgan fingerprint density at radius 2 is 1.27 bits per heavy atom. The molecule has 0 heterocycles. The van der Waals surface area contributed by atoms with Gasteiger partial charge in [-0.1, -0.05) is 23.2 Å². The predicted molar refractivity (Wildman–Crippen MR) is 118 cm³/mol. The molecule has 3 rings (SSSR count). The summed E-state index contributed by atoms with van der Waals surface area (Å²) in [6, 6.07) is 15.7. The molecule has 0 aliphatic rings. The Kier molecular flexibility index (Phi) is 6.47. The van der Waals surface area contributed by atoms with Crippen molar-refractivity contribution < 1.29 is 21.6 Å². The molecule has 7 nitrogen and oxygen atoms in total. The molecule has 3 aromatic carbocycles. The van der Waals surface area contributed by atoms with E-state index in [1.54, 1.807) is 24.3 Å². The fourth-order valence-corrected chi connectivity index (χ4v) is 5.35. The first-order chi connectivity index (χ1) is 14.1. The Morgan fingerprint density at radius 3 is 1.83 bits per heavy atom. The summed E-state index contributed by atoms with van der Waals surface area (Å²) in [7, 11) is -6.37. The highest BCUT2D eigenvalue weighted by Crippen LogP contribution is 2.27. The summed E-state index contributed by atoms with van der Waals surface area (Å²) in [5, 5.41) is 0.223. The molecule has 0 saturated heterocycles. The second-order valence-corrected chi connectivity index (χ2v) is 10.2. The van der Waals surface area contributed by atoms with Gasteiger partial charge in [-0.2, -0.15) is 0 Å². The van der Waals surface area contributed by atoms with Gasteiger partial charge in [0.05, 0.1) is 17.0 Å². The van der Waals surface area contributed by atoms with Gasteiger partial charge in [0.1, 0.15) is 10.6 Å². The van der Waals surface area contributed by atoms with Crippen LogP contribution in [0.2, 0.25) is 10.0 Å². The Bertz CT molecular complexity index is 1260. The van der Waals surface area contributed by atoms with E-state index in [4.69, 9.17) is 27.9 Å². The SMILES string of the molecule is COc1ccc(NS(=O)(=O)c2ccc(NS(=O)(=O)c3cc(Cl)ccc3Cl)cc2)cc1. The van der Waals surface area contributed by atoms with E-state index < -0.39 is 20.0 Å². The smallest absolute Gasteiger partial charge is 0.263 e. The fourth-order valence-electron chi connectivity index (χ4n) is 2.47. The lowest BCUT2D eigenvalue weighted by Crippen LogP contribution is -2.15. The molecule has 158 valence electrons.